The SMILES string of the molecule is COC(/C(OCCC/C=C(\C)CCCC(C)CCCC(C)CCCC(C)C)=C(/C)C=O)C(C)CO. The van der Waals surface area contributed by atoms with E-state index in [1.165, 1.54) is 63.4 Å². The molecule has 0 aromatic rings. The molecule has 206 valence electrons. The molecule has 0 heterocycles. The van der Waals surface area contributed by atoms with Gasteiger partial charge in [0.15, 0.2) is 0 Å². The third-order valence-corrected chi connectivity index (χ3v) is 7.12. The van der Waals surface area contributed by atoms with Crippen molar-refractivity contribution in [2.75, 3.05) is 20.3 Å². The molecule has 0 fully saturated rings. The largest absolute Gasteiger partial charge is 0.495 e. The number of carbonyl (C=O) groups is 1. The van der Waals surface area contributed by atoms with Crippen LogP contribution in [0, 0.1) is 23.7 Å². The van der Waals surface area contributed by atoms with Gasteiger partial charge in [0, 0.05) is 25.2 Å². The lowest BCUT2D eigenvalue weighted by atomic mass is 9.91. The Morgan fingerprint density at radius 1 is 0.857 bits per heavy atom. The Bertz CT molecular complexity index is 593. The molecule has 1 N–H and O–H groups in total. The van der Waals surface area contributed by atoms with Gasteiger partial charge in [-0.25, -0.2) is 0 Å². The highest BCUT2D eigenvalue weighted by Crippen LogP contribution is 2.23. The van der Waals surface area contributed by atoms with Gasteiger partial charge in [0.1, 0.15) is 18.1 Å². The molecule has 0 saturated heterocycles. The summed E-state index contributed by atoms with van der Waals surface area (Å²) in [4.78, 5) is 11.3. The Labute approximate surface area is 217 Å². The van der Waals surface area contributed by atoms with Crippen LogP contribution in [0.5, 0.6) is 0 Å². The fraction of sp³-hybridized carbons (Fsp3) is 0.839. The molecule has 35 heavy (non-hydrogen) atoms. The smallest absolute Gasteiger partial charge is 0.149 e. The van der Waals surface area contributed by atoms with Crippen LogP contribution in [-0.4, -0.2) is 37.8 Å². The van der Waals surface area contributed by atoms with Gasteiger partial charge < -0.3 is 14.6 Å². The number of rotatable bonds is 22. The van der Waals surface area contributed by atoms with Crippen LogP contribution >= 0.6 is 0 Å². The molecular formula is C31H58O4. The zero-order valence-electron chi connectivity index (χ0n) is 24.4. The minimum Gasteiger partial charge on any atom is -0.495 e. The normalized spacial score (nSPS) is 16.6. The average Bonchev–Trinajstić information content (AvgIpc) is 2.82. The number of hydrogen-bond acceptors (Lipinski definition) is 4. The van der Waals surface area contributed by atoms with Crippen LogP contribution in [0.15, 0.2) is 23.0 Å². The molecule has 0 amide bonds. The summed E-state index contributed by atoms with van der Waals surface area (Å²) in [6.07, 6.45) is 16.6. The lowest BCUT2D eigenvalue weighted by Crippen LogP contribution is -2.28. The molecule has 0 aromatic carbocycles. The van der Waals surface area contributed by atoms with E-state index in [1.54, 1.807) is 14.0 Å². The molecule has 0 rings (SSSR count). The third kappa shape index (κ3) is 17.0. The molecule has 4 unspecified atom stereocenters. The summed E-state index contributed by atoms with van der Waals surface area (Å²) in [6, 6.07) is 0. The second kappa shape index (κ2) is 21.0. The first-order valence-corrected chi connectivity index (χ1v) is 14.2. The third-order valence-electron chi connectivity index (χ3n) is 7.12. The van der Waals surface area contributed by atoms with Gasteiger partial charge in [0.2, 0.25) is 0 Å². The van der Waals surface area contributed by atoms with E-state index in [-0.39, 0.29) is 12.5 Å². The topological polar surface area (TPSA) is 55.8 Å². The van der Waals surface area contributed by atoms with Crippen LogP contribution in [0.3, 0.4) is 0 Å². The predicted octanol–water partition coefficient (Wildman–Crippen LogP) is 8.28. The highest BCUT2D eigenvalue weighted by Gasteiger charge is 2.24. The monoisotopic (exact) mass is 494 g/mol. The molecule has 0 radical (unpaired) electrons. The first kappa shape index (κ1) is 33.9. The van der Waals surface area contributed by atoms with Crippen molar-refractivity contribution in [1.82, 2.24) is 0 Å². The second-order valence-electron chi connectivity index (χ2n) is 11.4. The number of aliphatic hydroxyl groups excluding tert-OH is 1. The van der Waals surface area contributed by atoms with Crippen molar-refractivity contribution < 1.29 is 19.4 Å². The summed E-state index contributed by atoms with van der Waals surface area (Å²) < 4.78 is 11.4. The fourth-order valence-corrected chi connectivity index (χ4v) is 4.60. The van der Waals surface area contributed by atoms with Crippen molar-refractivity contribution in [2.24, 2.45) is 23.7 Å². The van der Waals surface area contributed by atoms with Gasteiger partial charge in [-0.2, -0.15) is 0 Å². The lowest BCUT2D eigenvalue weighted by molar-refractivity contribution is -0.105. The summed E-state index contributed by atoms with van der Waals surface area (Å²) in [5.41, 5.74) is 1.98. The van der Waals surface area contributed by atoms with Crippen molar-refractivity contribution >= 4 is 6.29 Å². The van der Waals surface area contributed by atoms with E-state index in [0.29, 0.717) is 17.9 Å². The zero-order chi connectivity index (χ0) is 26.6. The molecular weight excluding hydrogens is 436 g/mol. The standard InChI is InChI=1S/C31H58O4/c1-24(2)14-11-16-26(4)18-13-20-27(5)19-12-17-25(3)15-9-10-21-35-31(29(7)23-33)30(34-8)28(6)22-32/h15,23-24,26-28,30,32H,9-14,16-22H2,1-8H3/b25-15+,31-29+. The number of hydrogen-bond donors (Lipinski definition) is 1. The zero-order valence-corrected chi connectivity index (χ0v) is 24.4. The summed E-state index contributed by atoms with van der Waals surface area (Å²) >= 11 is 0. The highest BCUT2D eigenvalue weighted by molar-refractivity contribution is 5.73. The molecule has 0 aromatic heterocycles. The van der Waals surface area contributed by atoms with E-state index in [4.69, 9.17) is 9.47 Å². The van der Waals surface area contributed by atoms with E-state index < -0.39 is 6.10 Å². The van der Waals surface area contributed by atoms with Crippen molar-refractivity contribution in [3.05, 3.63) is 23.0 Å². The summed E-state index contributed by atoms with van der Waals surface area (Å²) in [7, 11) is 1.58. The Balaban J connectivity index is 4.14. The van der Waals surface area contributed by atoms with Crippen molar-refractivity contribution in [1.29, 1.82) is 0 Å². The molecule has 0 bridgehead atoms. The van der Waals surface area contributed by atoms with Gasteiger partial charge in [0.25, 0.3) is 0 Å². The van der Waals surface area contributed by atoms with E-state index in [2.05, 4.69) is 40.7 Å². The quantitative estimate of drug-likeness (QED) is 0.0541. The number of aldehydes is 1. The summed E-state index contributed by atoms with van der Waals surface area (Å²) in [5, 5.41) is 9.47. The maximum Gasteiger partial charge on any atom is 0.149 e. The first-order chi connectivity index (χ1) is 16.7. The number of aliphatic hydroxyl groups is 1. The maximum atomic E-state index is 11.3. The molecule has 0 aliphatic rings. The summed E-state index contributed by atoms with van der Waals surface area (Å²) in [6.45, 7) is 15.9. The minimum atomic E-state index is -0.405. The number of unbranched alkanes of at least 4 members (excludes halogenated alkanes) is 1. The highest BCUT2D eigenvalue weighted by atomic mass is 16.5. The first-order valence-electron chi connectivity index (χ1n) is 14.2. The molecule has 4 heteroatoms. The second-order valence-corrected chi connectivity index (χ2v) is 11.4. The number of ether oxygens (including phenoxy) is 2. The van der Waals surface area contributed by atoms with Gasteiger partial charge in [-0.05, 0) is 57.3 Å². The summed E-state index contributed by atoms with van der Waals surface area (Å²) in [5.74, 6) is 2.95. The molecule has 0 aliphatic carbocycles. The van der Waals surface area contributed by atoms with Gasteiger partial charge in [0.05, 0.1) is 6.61 Å². The van der Waals surface area contributed by atoms with E-state index in [0.717, 1.165) is 36.9 Å². The lowest BCUT2D eigenvalue weighted by Gasteiger charge is -2.25. The Morgan fingerprint density at radius 2 is 1.43 bits per heavy atom. The molecule has 0 saturated carbocycles. The van der Waals surface area contributed by atoms with Crippen LogP contribution in [0.1, 0.15) is 119 Å². The number of carbonyl (C=O) groups excluding carboxylic acids is 1. The fourth-order valence-electron chi connectivity index (χ4n) is 4.60. The van der Waals surface area contributed by atoms with Gasteiger partial charge in [-0.1, -0.05) is 91.2 Å². The van der Waals surface area contributed by atoms with E-state index in [9.17, 15) is 9.90 Å². The van der Waals surface area contributed by atoms with E-state index in [1.807, 2.05) is 6.92 Å². The molecule has 0 spiro atoms. The van der Waals surface area contributed by atoms with Crippen LogP contribution in [-0.2, 0) is 14.3 Å². The van der Waals surface area contributed by atoms with Crippen molar-refractivity contribution in [3.8, 4) is 0 Å². The number of methoxy groups -OCH3 is 1. The number of allylic oxidation sites excluding steroid dienone is 3. The Kier molecular flexibility index (Phi) is 20.3. The maximum absolute atomic E-state index is 11.3. The van der Waals surface area contributed by atoms with Crippen molar-refractivity contribution in [2.45, 2.75) is 125 Å². The van der Waals surface area contributed by atoms with Gasteiger partial charge in [-0.15, -0.1) is 0 Å². The average molecular weight is 495 g/mol. The van der Waals surface area contributed by atoms with Gasteiger partial charge >= 0.3 is 0 Å². The van der Waals surface area contributed by atoms with Crippen LogP contribution in [0.2, 0.25) is 0 Å². The predicted molar refractivity (Wildman–Crippen MR) is 149 cm³/mol. The van der Waals surface area contributed by atoms with Crippen molar-refractivity contribution in [3.63, 3.8) is 0 Å². The van der Waals surface area contributed by atoms with E-state index >= 15 is 0 Å². The molecule has 4 atom stereocenters. The Morgan fingerprint density at radius 3 is 1.94 bits per heavy atom. The molecule has 4 nitrogen and oxygen atoms in total. The van der Waals surface area contributed by atoms with Gasteiger partial charge in [-0.3, -0.25) is 4.79 Å². The molecule has 0 aliphatic heterocycles. The Hall–Kier alpha value is -1.13. The minimum absolute atomic E-state index is 0.0182. The van der Waals surface area contributed by atoms with Crippen LogP contribution in [0.4, 0.5) is 0 Å². The van der Waals surface area contributed by atoms with Crippen LogP contribution in [0.25, 0.3) is 0 Å². The van der Waals surface area contributed by atoms with Crippen LogP contribution < -0.4 is 0 Å².